The fourth-order valence-electron chi connectivity index (χ4n) is 4.08. The molecule has 1 heterocycles. The van der Waals surface area contributed by atoms with Gasteiger partial charge in [-0.2, -0.15) is 0 Å². The summed E-state index contributed by atoms with van der Waals surface area (Å²) >= 11 is 0. The number of hydrogen-bond acceptors (Lipinski definition) is 3. The van der Waals surface area contributed by atoms with Crippen LogP contribution in [0.15, 0.2) is 24.3 Å². The molecule has 1 aliphatic heterocycles. The van der Waals surface area contributed by atoms with Gasteiger partial charge in [-0.1, -0.05) is 37.1 Å². The maximum atomic E-state index is 9.84. The number of aryl methyl sites for hydroxylation is 1. The lowest BCUT2D eigenvalue weighted by Gasteiger charge is -2.38. The molecule has 1 aromatic carbocycles. The van der Waals surface area contributed by atoms with Gasteiger partial charge in [-0.3, -0.25) is 9.80 Å². The molecule has 2 aliphatic rings. The Morgan fingerprint density at radius 1 is 0.958 bits per heavy atom. The number of nitrogens with zero attached hydrogens (tertiary/aromatic N) is 2. The zero-order chi connectivity index (χ0) is 17.0. The topological polar surface area (TPSA) is 26.7 Å². The van der Waals surface area contributed by atoms with Crippen LogP contribution >= 0.6 is 0 Å². The van der Waals surface area contributed by atoms with Gasteiger partial charge in [0.05, 0.1) is 5.60 Å². The summed E-state index contributed by atoms with van der Waals surface area (Å²) in [5, 5.41) is 9.84. The third-order valence-corrected chi connectivity index (χ3v) is 5.70. The van der Waals surface area contributed by atoms with E-state index < -0.39 is 5.60 Å². The van der Waals surface area contributed by atoms with Gasteiger partial charge in [0.15, 0.2) is 0 Å². The molecule has 0 bridgehead atoms. The summed E-state index contributed by atoms with van der Waals surface area (Å²) in [5.74, 6) is 0. The number of rotatable bonds is 6. The minimum absolute atomic E-state index is 0.572. The Bertz CT molecular complexity index is 492. The zero-order valence-electron chi connectivity index (χ0n) is 15.5. The van der Waals surface area contributed by atoms with Gasteiger partial charge in [0, 0.05) is 38.8 Å². The van der Waals surface area contributed by atoms with Gasteiger partial charge in [0.25, 0.3) is 0 Å². The van der Waals surface area contributed by atoms with Crippen molar-refractivity contribution in [2.24, 2.45) is 0 Å². The Morgan fingerprint density at radius 3 is 2.12 bits per heavy atom. The molecule has 1 saturated carbocycles. The second-order valence-corrected chi connectivity index (χ2v) is 8.38. The predicted octanol–water partition coefficient (Wildman–Crippen LogP) is 3.45. The van der Waals surface area contributed by atoms with Crippen molar-refractivity contribution in [1.82, 2.24) is 9.80 Å². The van der Waals surface area contributed by atoms with E-state index in [1.807, 2.05) is 13.8 Å². The summed E-state index contributed by atoms with van der Waals surface area (Å²) in [5.41, 5.74) is 2.17. The lowest BCUT2D eigenvalue weighted by molar-refractivity contribution is 0.0714. The molecular weight excluding hydrogens is 296 g/mol. The Morgan fingerprint density at radius 2 is 1.54 bits per heavy atom. The van der Waals surface area contributed by atoms with Crippen molar-refractivity contribution in [2.45, 2.75) is 70.6 Å². The smallest absolute Gasteiger partial charge is 0.0594 e. The Hall–Kier alpha value is -0.900. The fraction of sp³-hybridized carbons (Fsp3) is 0.714. The molecule has 0 aromatic heterocycles. The van der Waals surface area contributed by atoms with Gasteiger partial charge in [0.2, 0.25) is 0 Å². The van der Waals surface area contributed by atoms with E-state index >= 15 is 0 Å². The average molecular weight is 331 g/mol. The molecule has 0 atom stereocenters. The van der Waals surface area contributed by atoms with Crippen molar-refractivity contribution in [2.75, 3.05) is 26.2 Å². The molecule has 2 fully saturated rings. The van der Waals surface area contributed by atoms with Crippen LogP contribution in [0.2, 0.25) is 0 Å². The van der Waals surface area contributed by atoms with E-state index in [2.05, 4.69) is 34.1 Å². The molecule has 1 aromatic rings. The molecule has 0 unspecified atom stereocenters. The maximum absolute atomic E-state index is 9.84. The highest BCUT2D eigenvalue weighted by molar-refractivity contribution is 5.22. The largest absolute Gasteiger partial charge is 0.390 e. The van der Waals surface area contributed by atoms with Crippen molar-refractivity contribution in [3.8, 4) is 0 Å². The third kappa shape index (κ3) is 5.30. The first-order valence-corrected chi connectivity index (χ1v) is 9.76. The molecular formula is C21H34N2O. The molecule has 3 rings (SSSR count). The van der Waals surface area contributed by atoms with Gasteiger partial charge in [-0.15, -0.1) is 0 Å². The molecule has 0 spiro atoms. The zero-order valence-corrected chi connectivity index (χ0v) is 15.5. The first-order chi connectivity index (χ1) is 11.5. The van der Waals surface area contributed by atoms with Gasteiger partial charge in [-0.25, -0.2) is 0 Å². The van der Waals surface area contributed by atoms with Crippen LogP contribution in [0.5, 0.6) is 0 Å². The van der Waals surface area contributed by atoms with E-state index in [-0.39, 0.29) is 0 Å². The van der Waals surface area contributed by atoms with Gasteiger partial charge in [0.1, 0.15) is 0 Å². The van der Waals surface area contributed by atoms with Gasteiger partial charge in [-0.05, 0) is 50.7 Å². The Kier molecular flexibility index (Phi) is 5.96. The Labute approximate surface area is 147 Å². The van der Waals surface area contributed by atoms with Gasteiger partial charge >= 0.3 is 0 Å². The highest BCUT2D eigenvalue weighted by Gasteiger charge is 2.25. The maximum Gasteiger partial charge on any atom is 0.0594 e. The minimum Gasteiger partial charge on any atom is -0.390 e. The molecule has 1 saturated heterocycles. The molecule has 0 amide bonds. The summed E-state index contributed by atoms with van der Waals surface area (Å²) < 4.78 is 0. The lowest BCUT2D eigenvalue weighted by Crippen LogP contribution is -2.49. The molecule has 1 N–H and O–H groups in total. The lowest BCUT2D eigenvalue weighted by atomic mass is 9.98. The first-order valence-electron chi connectivity index (χ1n) is 9.76. The van der Waals surface area contributed by atoms with Crippen LogP contribution in [-0.4, -0.2) is 52.7 Å². The van der Waals surface area contributed by atoms with Crippen molar-refractivity contribution >= 4 is 0 Å². The van der Waals surface area contributed by atoms with Crippen LogP contribution in [-0.2, 0) is 13.0 Å². The highest BCUT2D eigenvalue weighted by atomic mass is 16.3. The van der Waals surface area contributed by atoms with Crippen LogP contribution in [0.25, 0.3) is 0 Å². The summed E-state index contributed by atoms with van der Waals surface area (Å²) in [6.07, 6.45) is 7.48. The summed E-state index contributed by atoms with van der Waals surface area (Å²) in [6.45, 7) is 9.74. The summed E-state index contributed by atoms with van der Waals surface area (Å²) in [6, 6.07) is 9.87. The number of piperazine rings is 1. The van der Waals surface area contributed by atoms with Crippen LogP contribution in [0.4, 0.5) is 0 Å². The van der Waals surface area contributed by atoms with Gasteiger partial charge < -0.3 is 5.11 Å². The average Bonchev–Trinajstić information content (AvgIpc) is 3.09. The van der Waals surface area contributed by atoms with Crippen molar-refractivity contribution in [3.05, 3.63) is 35.4 Å². The second kappa shape index (κ2) is 7.99. The standard InChI is InChI=1S/C21H34N2O/c1-21(2,24)12-11-18-7-9-19(10-8-18)17-22-13-15-23(16-14-22)20-5-3-4-6-20/h7-10,20,24H,3-6,11-17H2,1-2H3. The number of benzene rings is 1. The van der Waals surface area contributed by atoms with Crippen molar-refractivity contribution in [3.63, 3.8) is 0 Å². The number of aliphatic hydroxyl groups is 1. The number of hydrogen-bond donors (Lipinski definition) is 1. The summed E-state index contributed by atoms with van der Waals surface area (Å²) in [7, 11) is 0. The van der Waals surface area contributed by atoms with Crippen molar-refractivity contribution in [1.29, 1.82) is 0 Å². The van der Waals surface area contributed by atoms with Crippen LogP contribution in [0.1, 0.15) is 57.1 Å². The van der Waals surface area contributed by atoms with E-state index in [0.717, 1.165) is 25.4 Å². The second-order valence-electron chi connectivity index (χ2n) is 8.38. The molecule has 134 valence electrons. The minimum atomic E-state index is -0.572. The molecule has 0 radical (unpaired) electrons. The highest BCUT2D eigenvalue weighted by Crippen LogP contribution is 2.24. The molecule has 3 nitrogen and oxygen atoms in total. The molecule has 3 heteroatoms. The predicted molar refractivity (Wildman–Crippen MR) is 100 cm³/mol. The van der Waals surface area contributed by atoms with Crippen LogP contribution < -0.4 is 0 Å². The van der Waals surface area contributed by atoms with Crippen molar-refractivity contribution < 1.29 is 5.11 Å². The monoisotopic (exact) mass is 330 g/mol. The normalized spacial score (nSPS) is 21.5. The summed E-state index contributed by atoms with van der Waals surface area (Å²) in [4.78, 5) is 5.32. The van der Waals surface area contributed by atoms with Crippen LogP contribution in [0, 0.1) is 0 Å². The van der Waals surface area contributed by atoms with E-state index in [1.54, 1.807) is 0 Å². The van der Waals surface area contributed by atoms with Crippen LogP contribution in [0.3, 0.4) is 0 Å². The SMILES string of the molecule is CC(C)(O)CCc1ccc(CN2CCN(C3CCCC3)CC2)cc1. The quantitative estimate of drug-likeness (QED) is 0.865. The van der Waals surface area contributed by atoms with E-state index in [9.17, 15) is 5.11 Å². The molecule has 24 heavy (non-hydrogen) atoms. The molecule has 1 aliphatic carbocycles. The van der Waals surface area contributed by atoms with E-state index in [1.165, 1.54) is 63.0 Å². The first kappa shape index (κ1) is 17.9. The third-order valence-electron chi connectivity index (χ3n) is 5.70. The van der Waals surface area contributed by atoms with E-state index in [0.29, 0.717) is 0 Å². The Balaban J connectivity index is 1.43. The fourth-order valence-corrected chi connectivity index (χ4v) is 4.08. The van der Waals surface area contributed by atoms with E-state index in [4.69, 9.17) is 0 Å².